The molecule has 0 bridgehead atoms. The summed E-state index contributed by atoms with van der Waals surface area (Å²) >= 11 is 0. The molecule has 2 aromatic rings. The Labute approximate surface area is 185 Å². The summed E-state index contributed by atoms with van der Waals surface area (Å²) in [5, 5.41) is 3.12. The first-order valence-corrected chi connectivity index (χ1v) is 11.3. The van der Waals surface area contributed by atoms with Crippen molar-refractivity contribution >= 4 is 11.8 Å². The van der Waals surface area contributed by atoms with E-state index in [1.807, 2.05) is 55.5 Å². The van der Waals surface area contributed by atoms with Gasteiger partial charge in [-0.25, -0.2) is 0 Å². The molecule has 2 amide bonds. The lowest BCUT2D eigenvalue weighted by molar-refractivity contribution is -0.142. The van der Waals surface area contributed by atoms with Crippen LogP contribution in [0.1, 0.15) is 56.2 Å². The molecule has 1 saturated carbocycles. The number of hydrogen-bond donors (Lipinski definition) is 1. The summed E-state index contributed by atoms with van der Waals surface area (Å²) in [4.78, 5) is 27.7. The van der Waals surface area contributed by atoms with E-state index >= 15 is 0 Å². The first-order valence-electron chi connectivity index (χ1n) is 11.3. The van der Waals surface area contributed by atoms with Crippen molar-refractivity contribution in [3.63, 3.8) is 0 Å². The third kappa shape index (κ3) is 6.58. The monoisotopic (exact) mass is 422 g/mol. The topological polar surface area (TPSA) is 58.6 Å². The molecule has 0 aromatic heterocycles. The lowest BCUT2D eigenvalue weighted by atomic mass is 10.1. The molecule has 5 heteroatoms. The maximum Gasteiger partial charge on any atom is 0.261 e. The van der Waals surface area contributed by atoms with Crippen LogP contribution in [0.25, 0.3) is 0 Å². The second kappa shape index (κ2) is 11.0. The van der Waals surface area contributed by atoms with E-state index in [0.29, 0.717) is 12.3 Å². The Morgan fingerprint density at radius 3 is 2.45 bits per heavy atom. The fourth-order valence-electron chi connectivity index (χ4n) is 4.03. The zero-order chi connectivity index (χ0) is 22.2. The number of nitrogens with one attached hydrogen (secondary N) is 1. The van der Waals surface area contributed by atoms with Gasteiger partial charge in [0.1, 0.15) is 11.8 Å². The smallest absolute Gasteiger partial charge is 0.261 e. The van der Waals surface area contributed by atoms with Gasteiger partial charge in [-0.1, -0.05) is 61.7 Å². The van der Waals surface area contributed by atoms with E-state index in [1.54, 1.807) is 11.8 Å². The molecule has 1 N–H and O–H groups in total. The molecule has 166 valence electrons. The highest BCUT2D eigenvalue weighted by Gasteiger charge is 2.28. The number of nitrogens with zero attached hydrogens (tertiary/aromatic N) is 1. The lowest BCUT2D eigenvalue weighted by Crippen LogP contribution is -2.50. The predicted molar refractivity (Wildman–Crippen MR) is 123 cm³/mol. The number of aryl methyl sites for hydroxylation is 2. The molecule has 1 aliphatic carbocycles. The van der Waals surface area contributed by atoms with Crippen LogP contribution in [0.5, 0.6) is 5.75 Å². The van der Waals surface area contributed by atoms with Crippen LogP contribution in [0.4, 0.5) is 0 Å². The van der Waals surface area contributed by atoms with Crippen LogP contribution < -0.4 is 10.1 Å². The SMILES string of the molecule is CCc1ccc(OCC(=O)N(Cc2cccc(C)c2)C(C)C(=O)NC2CCCC2)cc1. The Kier molecular flexibility index (Phi) is 8.10. The minimum absolute atomic E-state index is 0.0970. The molecule has 0 heterocycles. The molecule has 0 aliphatic heterocycles. The summed E-state index contributed by atoms with van der Waals surface area (Å²) in [6, 6.07) is 15.5. The van der Waals surface area contributed by atoms with Crippen LogP contribution in [0.15, 0.2) is 48.5 Å². The van der Waals surface area contributed by atoms with Gasteiger partial charge < -0.3 is 15.0 Å². The van der Waals surface area contributed by atoms with Gasteiger partial charge in [0, 0.05) is 12.6 Å². The number of hydrogen-bond acceptors (Lipinski definition) is 3. The Bertz CT molecular complexity index is 872. The van der Waals surface area contributed by atoms with Gasteiger partial charge in [-0.05, 0) is 56.4 Å². The summed E-state index contributed by atoms with van der Waals surface area (Å²) < 4.78 is 5.75. The first-order chi connectivity index (χ1) is 15.0. The molecule has 31 heavy (non-hydrogen) atoms. The van der Waals surface area contributed by atoms with Crippen LogP contribution in [0.2, 0.25) is 0 Å². The molecule has 5 nitrogen and oxygen atoms in total. The van der Waals surface area contributed by atoms with Gasteiger partial charge in [0.25, 0.3) is 5.91 Å². The molecule has 3 rings (SSSR count). The van der Waals surface area contributed by atoms with Crippen LogP contribution >= 0.6 is 0 Å². The number of amides is 2. The van der Waals surface area contributed by atoms with Gasteiger partial charge in [-0.2, -0.15) is 0 Å². The highest BCUT2D eigenvalue weighted by atomic mass is 16.5. The van der Waals surface area contributed by atoms with Crippen molar-refractivity contribution in [1.29, 1.82) is 0 Å². The Morgan fingerprint density at radius 1 is 1.10 bits per heavy atom. The van der Waals surface area contributed by atoms with Crippen LogP contribution in [0.3, 0.4) is 0 Å². The molecular formula is C26H34N2O3. The van der Waals surface area contributed by atoms with Crippen molar-refractivity contribution < 1.29 is 14.3 Å². The van der Waals surface area contributed by atoms with Crippen molar-refractivity contribution in [2.75, 3.05) is 6.61 Å². The van der Waals surface area contributed by atoms with E-state index < -0.39 is 6.04 Å². The normalized spacial score (nSPS) is 14.8. The maximum atomic E-state index is 13.1. The second-order valence-electron chi connectivity index (χ2n) is 8.46. The largest absolute Gasteiger partial charge is 0.484 e. The first kappa shape index (κ1) is 22.9. The number of carbonyl (C=O) groups excluding carboxylic acids is 2. The van der Waals surface area contributed by atoms with Crippen molar-refractivity contribution in [2.45, 2.75) is 71.5 Å². The maximum absolute atomic E-state index is 13.1. The molecule has 2 aromatic carbocycles. The molecular weight excluding hydrogens is 388 g/mol. The third-order valence-electron chi connectivity index (χ3n) is 6.00. The number of carbonyl (C=O) groups is 2. The second-order valence-corrected chi connectivity index (χ2v) is 8.46. The minimum atomic E-state index is -0.570. The number of benzene rings is 2. The van der Waals surface area contributed by atoms with Crippen molar-refractivity contribution in [3.05, 3.63) is 65.2 Å². The van der Waals surface area contributed by atoms with Gasteiger partial charge in [-0.3, -0.25) is 9.59 Å². The average molecular weight is 423 g/mol. The van der Waals surface area contributed by atoms with E-state index in [4.69, 9.17) is 4.74 Å². The van der Waals surface area contributed by atoms with Crippen LogP contribution in [-0.2, 0) is 22.6 Å². The Hall–Kier alpha value is -2.82. The summed E-state index contributed by atoms with van der Waals surface area (Å²) in [5.74, 6) is 0.361. The van der Waals surface area contributed by atoms with Gasteiger partial charge >= 0.3 is 0 Å². The van der Waals surface area contributed by atoms with E-state index in [1.165, 1.54) is 5.56 Å². The molecule has 0 spiro atoms. The highest BCUT2D eigenvalue weighted by Crippen LogP contribution is 2.19. The Morgan fingerprint density at radius 2 is 1.81 bits per heavy atom. The van der Waals surface area contributed by atoms with Gasteiger partial charge in [-0.15, -0.1) is 0 Å². The summed E-state index contributed by atoms with van der Waals surface area (Å²) in [6.07, 6.45) is 5.28. The quantitative estimate of drug-likeness (QED) is 0.651. The van der Waals surface area contributed by atoms with Crippen LogP contribution in [-0.4, -0.2) is 35.4 Å². The number of ether oxygens (including phenoxy) is 1. The van der Waals surface area contributed by atoms with Crippen LogP contribution in [0, 0.1) is 6.92 Å². The third-order valence-corrected chi connectivity index (χ3v) is 6.00. The highest BCUT2D eigenvalue weighted by molar-refractivity contribution is 5.88. The Balaban J connectivity index is 1.69. The molecule has 0 saturated heterocycles. The van der Waals surface area contributed by atoms with Crippen molar-refractivity contribution in [2.24, 2.45) is 0 Å². The van der Waals surface area contributed by atoms with E-state index in [9.17, 15) is 9.59 Å². The van der Waals surface area contributed by atoms with E-state index in [0.717, 1.165) is 43.2 Å². The van der Waals surface area contributed by atoms with Crippen molar-refractivity contribution in [3.8, 4) is 5.75 Å². The molecule has 0 radical (unpaired) electrons. The molecule has 1 unspecified atom stereocenters. The molecule has 1 fully saturated rings. The number of rotatable bonds is 9. The minimum Gasteiger partial charge on any atom is -0.484 e. The lowest BCUT2D eigenvalue weighted by Gasteiger charge is -2.29. The zero-order valence-electron chi connectivity index (χ0n) is 18.9. The molecule has 1 atom stereocenters. The standard InChI is InChI=1S/C26H34N2O3/c1-4-21-12-14-24(15-13-21)31-18-25(29)28(17-22-9-7-8-19(2)16-22)20(3)26(30)27-23-10-5-6-11-23/h7-9,12-16,20,23H,4-6,10-11,17-18H2,1-3H3,(H,27,30). The summed E-state index contributed by atoms with van der Waals surface area (Å²) in [6.45, 7) is 6.19. The van der Waals surface area contributed by atoms with E-state index in [-0.39, 0.29) is 24.5 Å². The van der Waals surface area contributed by atoms with Crippen molar-refractivity contribution in [1.82, 2.24) is 10.2 Å². The molecule has 1 aliphatic rings. The zero-order valence-corrected chi connectivity index (χ0v) is 18.9. The summed E-state index contributed by atoms with van der Waals surface area (Å²) in [7, 11) is 0. The van der Waals surface area contributed by atoms with E-state index in [2.05, 4.69) is 12.2 Å². The predicted octanol–water partition coefficient (Wildman–Crippen LogP) is 4.41. The summed E-state index contributed by atoms with van der Waals surface area (Å²) in [5.41, 5.74) is 3.35. The fraction of sp³-hybridized carbons (Fsp3) is 0.462. The van der Waals surface area contributed by atoms with Gasteiger partial charge in [0.05, 0.1) is 0 Å². The fourth-order valence-corrected chi connectivity index (χ4v) is 4.03. The van der Waals surface area contributed by atoms with Gasteiger partial charge in [0.15, 0.2) is 6.61 Å². The average Bonchev–Trinajstić information content (AvgIpc) is 3.28. The van der Waals surface area contributed by atoms with Gasteiger partial charge in [0.2, 0.25) is 5.91 Å².